The molecule has 2 aromatic rings. The fourth-order valence-corrected chi connectivity index (χ4v) is 1.62. The van der Waals surface area contributed by atoms with E-state index in [0.29, 0.717) is 17.2 Å². The third kappa shape index (κ3) is 2.79. The van der Waals surface area contributed by atoms with Crippen LogP contribution in [-0.2, 0) is 4.84 Å². The first-order valence-corrected chi connectivity index (χ1v) is 5.54. The van der Waals surface area contributed by atoms with Crippen LogP contribution in [0.25, 0.3) is 11.3 Å². The second-order valence-electron chi connectivity index (χ2n) is 3.83. The minimum absolute atomic E-state index is 0.0488. The Bertz CT molecular complexity index is 614. The summed E-state index contributed by atoms with van der Waals surface area (Å²) in [4.78, 5) is 14.8. The molecule has 1 aromatic carbocycles. The van der Waals surface area contributed by atoms with Crippen LogP contribution in [0.4, 0.5) is 5.69 Å². The van der Waals surface area contributed by atoms with Crippen molar-refractivity contribution < 1.29 is 14.2 Å². The van der Waals surface area contributed by atoms with Crippen molar-refractivity contribution in [3.63, 3.8) is 0 Å². The molecule has 0 aliphatic rings. The highest BCUT2D eigenvalue weighted by atomic mass is 16.6. The number of nitro benzene ring substituents is 1. The predicted octanol–water partition coefficient (Wildman–Crippen LogP) is 3.23. The molecule has 0 saturated heterocycles. The first kappa shape index (κ1) is 12.8. The molecular formula is C13H12N2O4. The fraction of sp³-hybridized carbons (Fsp3) is 0.154. The lowest BCUT2D eigenvalue weighted by atomic mass is 10.1. The molecule has 0 atom stereocenters. The van der Waals surface area contributed by atoms with Crippen LogP contribution in [0.2, 0.25) is 0 Å². The largest absolute Gasteiger partial charge is 0.455 e. The molecule has 2 rings (SSSR count). The van der Waals surface area contributed by atoms with E-state index in [0.717, 1.165) is 5.56 Å². The maximum absolute atomic E-state index is 10.6. The van der Waals surface area contributed by atoms with E-state index in [2.05, 4.69) is 9.99 Å². The minimum Gasteiger partial charge on any atom is -0.455 e. The molecule has 0 spiro atoms. The summed E-state index contributed by atoms with van der Waals surface area (Å²) in [5.74, 6) is 1.21. The summed E-state index contributed by atoms with van der Waals surface area (Å²) < 4.78 is 5.60. The summed E-state index contributed by atoms with van der Waals surface area (Å²) in [7, 11) is 1.46. The number of furan rings is 1. The summed E-state index contributed by atoms with van der Waals surface area (Å²) in [5, 5.41) is 14.3. The van der Waals surface area contributed by atoms with Crippen molar-refractivity contribution in [3.05, 3.63) is 52.3 Å². The van der Waals surface area contributed by atoms with Gasteiger partial charge in [0.25, 0.3) is 5.69 Å². The maximum atomic E-state index is 10.6. The highest BCUT2D eigenvalue weighted by molar-refractivity contribution is 5.96. The highest BCUT2D eigenvalue weighted by Crippen LogP contribution is 2.24. The summed E-state index contributed by atoms with van der Waals surface area (Å²) in [6, 6.07) is 9.72. The van der Waals surface area contributed by atoms with E-state index < -0.39 is 4.92 Å². The van der Waals surface area contributed by atoms with Crippen LogP contribution in [0.3, 0.4) is 0 Å². The Morgan fingerprint density at radius 2 is 1.95 bits per heavy atom. The van der Waals surface area contributed by atoms with E-state index in [-0.39, 0.29) is 5.69 Å². The van der Waals surface area contributed by atoms with Crippen LogP contribution in [-0.4, -0.2) is 17.7 Å². The molecule has 0 saturated carbocycles. The van der Waals surface area contributed by atoms with Gasteiger partial charge in [-0.2, -0.15) is 0 Å². The van der Waals surface area contributed by atoms with Gasteiger partial charge in [-0.25, -0.2) is 0 Å². The SMILES string of the molecule is CON=C(C)c1ccc(-c2ccc([N+](=O)[O-])cc2)o1. The molecule has 0 fully saturated rings. The van der Waals surface area contributed by atoms with Gasteiger partial charge in [0.1, 0.15) is 18.6 Å². The normalized spacial score (nSPS) is 11.4. The third-order valence-electron chi connectivity index (χ3n) is 2.55. The van der Waals surface area contributed by atoms with Crippen molar-refractivity contribution in [2.24, 2.45) is 5.16 Å². The van der Waals surface area contributed by atoms with E-state index >= 15 is 0 Å². The van der Waals surface area contributed by atoms with Crippen molar-refractivity contribution in [2.75, 3.05) is 7.11 Å². The molecule has 0 unspecified atom stereocenters. The topological polar surface area (TPSA) is 77.9 Å². The van der Waals surface area contributed by atoms with Gasteiger partial charge in [0, 0.05) is 17.7 Å². The molecule has 0 N–H and O–H groups in total. The quantitative estimate of drug-likeness (QED) is 0.480. The maximum Gasteiger partial charge on any atom is 0.269 e. The van der Waals surface area contributed by atoms with E-state index in [4.69, 9.17) is 4.42 Å². The van der Waals surface area contributed by atoms with Crippen LogP contribution < -0.4 is 0 Å². The molecule has 19 heavy (non-hydrogen) atoms. The van der Waals surface area contributed by atoms with Crippen molar-refractivity contribution in [3.8, 4) is 11.3 Å². The van der Waals surface area contributed by atoms with E-state index in [1.54, 1.807) is 31.2 Å². The van der Waals surface area contributed by atoms with Gasteiger partial charge in [0.05, 0.1) is 4.92 Å². The minimum atomic E-state index is -0.438. The summed E-state index contributed by atoms with van der Waals surface area (Å²) in [5.41, 5.74) is 1.44. The summed E-state index contributed by atoms with van der Waals surface area (Å²) >= 11 is 0. The molecule has 6 heteroatoms. The first-order valence-electron chi connectivity index (χ1n) is 5.54. The van der Waals surface area contributed by atoms with Gasteiger partial charge in [-0.1, -0.05) is 5.16 Å². The standard InChI is InChI=1S/C13H12N2O4/c1-9(14-18-2)12-7-8-13(19-12)10-3-5-11(6-4-10)15(16)17/h3-8H,1-2H3. The van der Waals surface area contributed by atoms with Crippen LogP contribution in [0.15, 0.2) is 46.0 Å². The number of nitro groups is 1. The Hall–Kier alpha value is -2.63. The zero-order chi connectivity index (χ0) is 13.8. The van der Waals surface area contributed by atoms with Gasteiger partial charge in [-0.3, -0.25) is 10.1 Å². The third-order valence-corrected chi connectivity index (χ3v) is 2.55. The van der Waals surface area contributed by atoms with Crippen molar-refractivity contribution in [1.29, 1.82) is 0 Å². The van der Waals surface area contributed by atoms with Gasteiger partial charge in [0.15, 0.2) is 5.76 Å². The molecule has 1 aromatic heterocycles. The van der Waals surface area contributed by atoms with E-state index in [9.17, 15) is 10.1 Å². The van der Waals surface area contributed by atoms with Crippen molar-refractivity contribution in [1.82, 2.24) is 0 Å². The van der Waals surface area contributed by atoms with Crippen molar-refractivity contribution in [2.45, 2.75) is 6.92 Å². The first-order chi connectivity index (χ1) is 9.11. The summed E-state index contributed by atoms with van der Waals surface area (Å²) in [6.07, 6.45) is 0. The average molecular weight is 260 g/mol. The van der Waals surface area contributed by atoms with Crippen LogP contribution in [0.1, 0.15) is 12.7 Å². The molecule has 0 aliphatic heterocycles. The van der Waals surface area contributed by atoms with Crippen molar-refractivity contribution >= 4 is 11.4 Å². The average Bonchev–Trinajstić information content (AvgIpc) is 2.89. The highest BCUT2D eigenvalue weighted by Gasteiger charge is 2.09. The predicted molar refractivity (Wildman–Crippen MR) is 70.0 cm³/mol. The van der Waals surface area contributed by atoms with Gasteiger partial charge in [-0.05, 0) is 31.2 Å². The number of hydrogen-bond acceptors (Lipinski definition) is 5. The Kier molecular flexibility index (Phi) is 3.61. The van der Waals surface area contributed by atoms with Crippen LogP contribution >= 0.6 is 0 Å². The monoisotopic (exact) mass is 260 g/mol. The Morgan fingerprint density at radius 1 is 1.26 bits per heavy atom. The Balaban J connectivity index is 2.28. The van der Waals surface area contributed by atoms with Crippen LogP contribution in [0.5, 0.6) is 0 Å². The molecule has 0 bridgehead atoms. The number of non-ortho nitro benzene ring substituents is 1. The fourth-order valence-electron chi connectivity index (χ4n) is 1.62. The Morgan fingerprint density at radius 3 is 2.53 bits per heavy atom. The zero-order valence-corrected chi connectivity index (χ0v) is 10.5. The lowest BCUT2D eigenvalue weighted by Gasteiger charge is -1.97. The van der Waals surface area contributed by atoms with Gasteiger partial charge >= 0.3 is 0 Å². The smallest absolute Gasteiger partial charge is 0.269 e. The van der Waals surface area contributed by atoms with Gasteiger partial charge in [-0.15, -0.1) is 0 Å². The molecule has 1 heterocycles. The molecule has 0 radical (unpaired) electrons. The van der Waals surface area contributed by atoms with Gasteiger partial charge < -0.3 is 9.25 Å². The Labute approximate surface area is 109 Å². The van der Waals surface area contributed by atoms with E-state index in [1.165, 1.54) is 19.2 Å². The molecular weight excluding hydrogens is 248 g/mol. The van der Waals surface area contributed by atoms with Gasteiger partial charge in [0.2, 0.25) is 0 Å². The number of hydrogen-bond donors (Lipinski definition) is 0. The number of benzene rings is 1. The number of nitrogens with zero attached hydrogens (tertiary/aromatic N) is 2. The second-order valence-corrected chi connectivity index (χ2v) is 3.83. The lowest BCUT2D eigenvalue weighted by molar-refractivity contribution is -0.384. The molecule has 6 nitrogen and oxygen atoms in total. The molecule has 0 amide bonds. The second kappa shape index (κ2) is 5.34. The molecule has 0 aliphatic carbocycles. The summed E-state index contributed by atoms with van der Waals surface area (Å²) in [6.45, 7) is 1.77. The number of oxime groups is 1. The number of rotatable bonds is 4. The van der Waals surface area contributed by atoms with Crippen LogP contribution in [0, 0.1) is 10.1 Å². The zero-order valence-electron chi connectivity index (χ0n) is 10.5. The lowest BCUT2D eigenvalue weighted by Crippen LogP contribution is -1.91. The molecule has 98 valence electrons. The van der Waals surface area contributed by atoms with E-state index in [1.807, 2.05) is 0 Å².